The van der Waals surface area contributed by atoms with E-state index in [0.29, 0.717) is 6.54 Å². The third-order valence-electron chi connectivity index (χ3n) is 3.43. The van der Waals surface area contributed by atoms with Gasteiger partial charge in [0.1, 0.15) is 6.54 Å². The Hall–Kier alpha value is -2.29. The Morgan fingerprint density at radius 3 is 2.53 bits per heavy atom. The number of carbonyl (C=O) groups excluding carboxylic acids is 1. The van der Waals surface area contributed by atoms with E-state index in [2.05, 4.69) is 29.3 Å². The minimum absolute atomic E-state index is 0.0320. The summed E-state index contributed by atoms with van der Waals surface area (Å²) in [5.41, 5.74) is 4.31. The molecule has 1 aliphatic rings. The van der Waals surface area contributed by atoms with Crippen molar-refractivity contribution in [2.45, 2.75) is 13.3 Å². The highest BCUT2D eigenvalue weighted by Gasteiger charge is 2.23. The number of nitrogens with zero attached hydrogens (tertiary/aromatic N) is 1. The second kappa shape index (κ2) is 4.76. The lowest BCUT2D eigenvalue weighted by atomic mass is 10.1. The summed E-state index contributed by atoms with van der Waals surface area (Å²) in [7, 11) is 0. The van der Waals surface area contributed by atoms with Gasteiger partial charge in [-0.3, -0.25) is 4.79 Å². The van der Waals surface area contributed by atoms with Crippen LogP contribution in [-0.4, -0.2) is 12.5 Å². The molecule has 96 valence electrons. The lowest BCUT2D eigenvalue weighted by Crippen LogP contribution is -2.35. The van der Waals surface area contributed by atoms with Crippen molar-refractivity contribution in [3.05, 3.63) is 54.1 Å². The Kier molecular flexibility index (Phi) is 2.95. The number of rotatable bonds is 2. The molecule has 19 heavy (non-hydrogen) atoms. The number of hydrogen-bond acceptors (Lipinski definition) is 2. The third-order valence-corrected chi connectivity index (χ3v) is 3.43. The zero-order chi connectivity index (χ0) is 13.2. The molecule has 3 heteroatoms. The average Bonchev–Trinajstić information content (AvgIpc) is 2.46. The maximum absolute atomic E-state index is 11.9. The summed E-state index contributed by atoms with van der Waals surface area (Å²) in [6, 6.07) is 16.2. The molecule has 1 amide bonds. The van der Waals surface area contributed by atoms with Gasteiger partial charge in [-0.05, 0) is 30.2 Å². The molecule has 3 nitrogen and oxygen atoms in total. The number of para-hydroxylation sites is 3. The number of anilines is 3. The van der Waals surface area contributed by atoms with Gasteiger partial charge in [-0.15, -0.1) is 0 Å². The van der Waals surface area contributed by atoms with Crippen molar-refractivity contribution < 1.29 is 4.79 Å². The molecule has 0 radical (unpaired) electrons. The first-order chi connectivity index (χ1) is 9.29. The molecule has 0 saturated heterocycles. The molecule has 1 heterocycles. The van der Waals surface area contributed by atoms with Crippen LogP contribution in [0.5, 0.6) is 0 Å². The zero-order valence-corrected chi connectivity index (χ0v) is 10.9. The van der Waals surface area contributed by atoms with E-state index in [4.69, 9.17) is 0 Å². The van der Waals surface area contributed by atoms with Crippen molar-refractivity contribution in [1.29, 1.82) is 0 Å². The molecule has 1 N–H and O–H groups in total. The standard InChI is InChI=1S/C16H16N2O/c1-2-12-7-3-5-9-14(12)18-11-16(19)17-13-8-4-6-10-15(13)18/h3-10H,2,11H2,1H3,(H,17,19). The molecule has 0 atom stereocenters. The van der Waals surface area contributed by atoms with Gasteiger partial charge in [-0.1, -0.05) is 37.3 Å². The number of nitrogens with one attached hydrogen (secondary N) is 1. The third kappa shape index (κ3) is 2.08. The van der Waals surface area contributed by atoms with E-state index in [1.807, 2.05) is 36.4 Å². The van der Waals surface area contributed by atoms with Crippen LogP contribution in [0, 0.1) is 0 Å². The summed E-state index contributed by atoms with van der Waals surface area (Å²) in [6.07, 6.45) is 0.955. The van der Waals surface area contributed by atoms with E-state index in [9.17, 15) is 4.79 Å². The molecule has 0 aliphatic carbocycles. The van der Waals surface area contributed by atoms with Gasteiger partial charge in [0.25, 0.3) is 0 Å². The van der Waals surface area contributed by atoms with Gasteiger partial charge < -0.3 is 10.2 Å². The van der Waals surface area contributed by atoms with Crippen LogP contribution in [-0.2, 0) is 11.2 Å². The first kappa shape index (κ1) is 11.8. The fourth-order valence-electron chi connectivity index (χ4n) is 2.52. The van der Waals surface area contributed by atoms with Gasteiger partial charge in [0.05, 0.1) is 11.4 Å². The summed E-state index contributed by atoms with van der Waals surface area (Å²) in [5, 5.41) is 2.92. The van der Waals surface area contributed by atoms with Crippen LogP contribution in [0.1, 0.15) is 12.5 Å². The zero-order valence-electron chi connectivity index (χ0n) is 10.9. The topological polar surface area (TPSA) is 32.3 Å². The van der Waals surface area contributed by atoms with Gasteiger partial charge >= 0.3 is 0 Å². The molecule has 0 bridgehead atoms. The van der Waals surface area contributed by atoms with Crippen LogP contribution in [0.2, 0.25) is 0 Å². The van der Waals surface area contributed by atoms with Crippen LogP contribution >= 0.6 is 0 Å². The first-order valence-electron chi connectivity index (χ1n) is 6.54. The molecule has 0 saturated carbocycles. The Bertz CT molecular complexity index is 622. The Labute approximate surface area is 112 Å². The monoisotopic (exact) mass is 252 g/mol. The Morgan fingerprint density at radius 2 is 1.74 bits per heavy atom. The molecule has 1 aliphatic heterocycles. The minimum atomic E-state index is 0.0320. The van der Waals surface area contributed by atoms with Crippen LogP contribution < -0.4 is 10.2 Å². The van der Waals surface area contributed by atoms with Gasteiger partial charge in [-0.2, -0.15) is 0 Å². The molecular weight excluding hydrogens is 236 g/mol. The van der Waals surface area contributed by atoms with E-state index < -0.39 is 0 Å². The van der Waals surface area contributed by atoms with Gasteiger partial charge in [0.15, 0.2) is 0 Å². The van der Waals surface area contributed by atoms with Crippen LogP contribution in [0.25, 0.3) is 0 Å². The number of fused-ring (bicyclic) bond motifs is 1. The second-order valence-electron chi connectivity index (χ2n) is 4.63. The molecule has 0 spiro atoms. The summed E-state index contributed by atoms with van der Waals surface area (Å²) in [6.45, 7) is 2.50. The molecule has 3 rings (SSSR count). The minimum Gasteiger partial charge on any atom is -0.330 e. The van der Waals surface area contributed by atoms with E-state index in [0.717, 1.165) is 23.5 Å². The lowest BCUT2D eigenvalue weighted by Gasteiger charge is -2.32. The maximum atomic E-state index is 11.9. The van der Waals surface area contributed by atoms with Crippen molar-refractivity contribution >= 4 is 23.0 Å². The van der Waals surface area contributed by atoms with Crippen LogP contribution in [0.15, 0.2) is 48.5 Å². The molecule has 0 fully saturated rings. The second-order valence-corrected chi connectivity index (χ2v) is 4.63. The van der Waals surface area contributed by atoms with Crippen LogP contribution in [0.3, 0.4) is 0 Å². The highest BCUT2D eigenvalue weighted by molar-refractivity contribution is 6.03. The summed E-state index contributed by atoms with van der Waals surface area (Å²) < 4.78 is 0. The van der Waals surface area contributed by atoms with E-state index >= 15 is 0 Å². The predicted octanol–water partition coefficient (Wildman–Crippen LogP) is 3.34. The van der Waals surface area contributed by atoms with Gasteiger partial charge in [-0.25, -0.2) is 0 Å². The summed E-state index contributed by atoms with van der Waals surface area (Å²) in [5.74, 6) is 0.0320. The maximum Gasteiger partial charge on any atom is 0.244 e. The molecular formula is C16H16N2O. The quantitative estimate of drug-likeness (QED) is 0.889. The number of hydrogen-bond donors (Lipinski definition) is 1. The smallest absolute Gasteiger partial charge is 0.244 e. The average molecular weight is 252 g/mol. The Morgan fingerprint density at radius 1 is 1.05 bits per heavy atom. The number of aryl methyl sites for hydroxylation is 1. The van der Waals surface area contributed by atoms with Crippen LogP contribution in [0.4, 0.5) is 17.1 Å². The Balaban J connectivity index is 2.13. The largest absolute Gasteiger partial charge is 0.330 e. The van der Waals surface area contributed by atoms with Crippen molar-refractivity contribution in [3.63, 3.8) is 0 Å². The van der Waals surface area contributed by atoms with E-state index in [1.54, 1.807) is 0 Å². The number of carbonyl (C=O) groups is 1. The van der Waals surface area contributed by atoms with E-state index in [1.165, 1.54) is 5.56 Å². The fourth-order valence-corrected chi connectivity index (χ4v) is 2.52. The number of amides is 1. The van der Waals surface area contributed by atoms with Crippen molar-refractivity contribution in [3.8, 4) is 0 Å². The molecule has 0 aromatic heterocycles. The molecule has 2 aromatic carbocycles. The van der Waals surface area contributed by atoms with Gasteiger partial charge in [0.2, 0.25) is 5.91 Å². The van der Waals surface area contributed by atoms with Crippen molar-refractivity contribution in [1.82, 2.24) is 0 Å². The van der Waals surface area contributed by atoms with Crippen molar-refractivity contribution in [2.75, 3.05) is 16.8 Å². The van der Waals surface area contributed by atoms with Gasteiger partial charge in [0, 0.05) is 5.69 Å². The summed E-state index contributed by atoms with van der Waals surface area (Å²) >= 11 is 0. The normalized spacial score (nSPS) is 13.9. The fraction of sp³-hybridized carbons (Fsp3) is 0.188. The summed E-state index contributed by atoms with van der Waals surface area (Å²) in [4.78, 5) is 13.9. The number of benzene rings is 2. The highest BCUT2D eigenvalue weighted by atomic mass is 16.2. The molecule has 2 aromatic rings. The van der Waals surface area contributed by atoms with Crippen molar-refractivity contribution in [2.24, 2.45) is 0 Å². The SMILES string of the molecule is CCc1ccccc1N1CC(=O)Nc2ccccc21. The van der Waals surface area contributed by atoms with E-state index in [-0.39, 0.29) is 5.91 Å². The first-order valence-corrected chi connectivity index (χ1v) is 6.54. The molecule has 0 unspecified atom stereocenters. The highest BCUT2D eigenvalue weighted by Crippen LogP contribution is 2.36. The lowest BCUT2D eigenvalue weighted by molar-refractivity contribution is -0.115. The predicted molar refractivity (Wildman–Crippen MR) is 77.9 cm³/mol.